The quantitative estimate of drug-likeness (QED) is 0.807. The second kappa shape index (κ2) is 8.65. The van der Waals surface area contributed by atoms with E-state index in [1.807, 2.05) is 35.2 Å². The van der Waals surface area contributed by atoms with E-state index in [2.05, 4.69) is 10.1 Å². The topological polar surface area (TPSA) is 68.5 Å². The van der Waals surface area contributed by atoms with Crippen LogP contribution in [-0.2, 0) is 11.2 Å². The van der Waals surface area contributed by atoms with Crippen LogP contribution in [0.4, 0.5) is 0 Å². The zero-order valence-corrected chi connectivity index (χ0v) is 15.7. The van der Waals surface area contributed by atoms with E-state index in [-0.39, 0.29) is 5.91 Å². The lowest BCUT2D eigenvalue weighted by Crippen LogP contribution is -2.38. The Balaban J connectivity index is 1.23. The Bertz CT molecular complexity index is 732. The highest BCUT2D eigenvalue weighted by atomic mass is 16.5. The summed E-state index contributed by atoms with van der Waals surface area (Å²) in [4.78, 5) is 19.1. The molecule has 2 aromatic rings. The van der Waals surface area contributed by atoms with Crippen LogP contribution in [-0.4, -0.2) is 47.3 Å². The molecule has 1 amide bonds. The minimum Gasteiger partial charge on any atom is -0.381 e. The molecule has 2 fully saturated rings. The molecule has 3 heterocycles. The Kier molecular flexibility index (Phi) is 5.82. The predicted octanol–water partition coefficient (Wildman–Crippen LogP) is 3.45. The number of hydrogen-bond donors (Lipinski definition) is 0. The summed E-state index contributed by atoms with van der Waals surface area (Å²) < 4.78 is 10.9. The molecule has 0 unspecified atom stereocenters. The zero-order chi connectivity index (χ0) is 18.5. The van der Waals surface area contributed by atoms with Crippen LogP contribution < -0.4 is 0 Å². The molecule has 0 saturated carbocycles. The van der Waals surface area contributed by atoms with Gasteiger partial charge in [-0.05, 0) is 50.2 Å². The average Bonchev–Trinajstić information content (AvgIpc) is 3.22. The van der Waals surface area contributed by atoms with Crippen LogP contribution in [0.2, 0.25) is 0 Å². The van der Waals surface area contributed by atoms with E-state index in [0.717, 1.165) is 82.1 Å². The van der Waals surface area contributed by atoms with Gasteiger partial charge < -0.3 is 14.2 Å². The Morgan fingerprint density at radius 2 is 1.81 bits per heavy atom. The summed E-state index contributed by atoms with van der Waals surface area (Å²) in [5, 5.41) is 4.17. The highest BCUT2D eigenvalue weighted by Crippen LogP contribution is 2.27. The van der Waals surface area contributed by atoms with Gasteiger partial charge in [-0.1, -0.05) is 23.4 Å². The number of benzene rings is 1. The Hall–Kier alpha value is -2.21. The van der Waals surface area contributed by atoms with Gasteiger partial charge in [0.15, 0.2) is 5.82 Å². The maximum Gasteiger partial charge on any atom is 0.253 e. The van der Waals surface area contributed by atoms with E-state index >= 15 is 0 Å². The van der Waals surface area contributed by atoms with Gasteiger partial charge in [0.25, 0.3) is 5.91 Å². The van der Waals surface area contributed by atoms with Gasteiger partial charge in [0.05, 0.1) is 0 Å². The van der Waals surface area contributed by atoms with Crippen molar-refractivity contribution in [2.45, 2.75) is 44.4 Å². The van der Waals surface area contributed by atoms with Crippen LogP contribution >= 0.6 is 0 Å². The Morgan fingerprint density at radius 3 is 2.56 bits per heavy atom. The molecule has 1 aromatic carbocycles. The molecular formula is C21H27N3O3. The molecule has 4 rings (SSSR count). The number of nitrogens with zero attached hydrogens (tertiary/aromatic N) is 3. The average molecular weight is 369 g/mol. The van der Waals surface area contributed by atoms with Crippen LogP contribution in [0, 0.1) is 5.92 Å². The van der Waals surface area contributed by atoms with Gasteiger partial charge in [0.1, 0.15) is 0 Å². The summed E-state index contributed by atoms with van der Waals surface area (Å²) in [6.45, 7) is 3.22. The fourth-order valence-electron chi connectivity index (χ4n) is 4.00. The number of ether oxygens (including phenoxy) is 1. The standard InChI is InChI=1S/C21H27N3O3/c25-21(18-4-2-1-3-5-18)24-12-8-16(9-13-24)6-7-19-22-20(27-23-19)17-10-14-26-15-11-17/h1-5,16-17H,6-15H2. The van der Waals surface area contributed by atoms with E-state index in [9.17, 15) is 4.79 Å². The van der Waals surface area contributed by atoms with E-state index in [1.165, 1.54) is 0 Å². The fourth-order valence-corrected chi connectivity index (χ4v) is 4.00. The molecule has 6 nitrogen and oxygen atoms in total. The third kappa shape index (κ3) is 4.56. The van der Waals surface area contributed by atoms with E-state index in [0.29, 0.717) is 11.8 Å². The summed E-state index contributed by atoms with van der Waals surface area (Å²) in [6.07, 6.45) is 5.93. The maximum absolute atomic E-state index is 12.5. The molecule has 0 aliphatic carbocycles. The minimum absolute atomic E-state index is 0.147. The summed E-state index contributed by atoms with van der Waals surface area (Å²) in [5.41, 5.74) is 0.781. The first-order chi connectivity index (χ1) is 13.3. The van der Waals surface area contributed by atoms with Gasteiger partial charge in [-0.25, -0.2) is 0 Å². The van der Waals surface area contributed by atoms with Crippen LogP contribution in [0.3, 0.4) is 0 Å². The lowest BCUT2D eigenvalue weighted by Gasteiger charge is -2.32. The van der Waals surface area contributed by atoms with Gasteiger partial charge in [0, 0.05) is 44.2 Å². The molecular weight excluding hydrogens is 342 g/mol. The predicted molar refractivity (Wildman–Crippen MR) is 100 cm³/mol. The number of aryl methyl sites for hydroxylation is 1. The van der Waals surface area contributed by atoms with Gasteiger partial charge in [-0.3, -0.25) is 4.79 Å². The largest absolute Gasteiger partial charge is 0.381 e. The number of carbonyl (C=O) groups excluding carboxylic acids is 1. The molecule has 2 aliphatic heterocycles. The fraction of sp³-hybridized carbons (Fsp3) is 0.571. The number of aromatic nitrogens is 2. The molecule has 2 aliphatic rings. The zero-order valence-electron chi connectivity index (χ0n) is 15.7. The first kappa shape index (κ1) is 18.2. The third-order valence-corrected chi connectivity index (χ3v) is 5.75. The second-order valence-electron chi connectivity index (χ2n) is 7.58. The van der Waals surface area contributed by atoms with Crippen molar-refractivity contribution in [1.82, 2.24) is 15.0 Å². The first-order valence-electron chi connectivity index (χ1n) is 10.0. The van der Waals surface area contributed by atoms with E-state index in [4.69, 9.17) is 9.26 Å². The van der Waals surface area contributed by atoms with Crippen molar-refractivity contribution in [2.75, 3.05) is 26.3 Å². The van der Waals surface area contributed by atoms with Gasteiger partial charge >= 0.3 is 0 Å². The molecule has 144 valence electrons. The lowest BCUT2D eigenvalue weighted by atomic mass is 9.91. The van der Waals surface area contributed by atoms with Crippen LogP contribution in [0.5, 0.6) is 0 Å². The number of rotatable bonds is 5. The minimum atomic E-state index is 0.147. The van der Waals surface area contributed by atoms with Crippen molar-refractivity contribution >= 4 is 5.91 Å². The van der Waals surface area contributed by atoms with Crippen molar-refractivity contribution in [2.24, 2.45) is 5.92 Å². The normalized spacial score (nSPS) is 19.3. The Labute approximate surface area is 159 Å². The number of carbonyl (C=O) groups is 1. The highest BCUT2D eigenvalue weighted by Gasteiger charge is 2.25. The molecule has 0 N–H and O–H groups in total. The summed E-state index contributed by atoms with van der Waals surface area (Å²) in [5.74, 6) is 2.71. The molecule has 27 heavy (non-hydrogen) atoms. The molecule has 2 saturated heterocycles. The maximum atomic E-state index is 12.5. The molecule has 0 atom stereocenters. The van der Waals surface area contributed by atoms with Crippen molar-refractivity contribution in [3.05, 3.63) is 47.6 Å². The summed E-state index contributed by atoms with van der Waals surface area (Å²) in [6, 6.07) is 9.55. The molecule has 6 heteroatoms. The van der Waals surface area contributed by atoms with Crippen LogP contribution in [0.25, 0.3) is 0 Å². The van der Waals surface area contributed by atoms with E-state index in [1.54, 1.807) is 0 Å². The molecule has 1 aromatic heterocycles. The highest BCUT2D eigenvalue weighted by molar-refractivity contribution is 5.94. The number of hydrogen-bond acceptors (Lipinski definition) is 5. The second-order valence-corrected chi connectivity index (χ2v) is 7.58. The summed E-state index contributed by atoms with van der Waals surface area (Å²) >= 11 is 0. The van der Waals surface area contributed by atoms with Crippen molar-refractivity contribution < 1.29 is 14.1 Å². The van der Waals surface area contributed by atoms with Crippen molar-refractivity contribution in [1.29, 1.82) is 0 Å². The monoisotopic (exact) mass is 369 g/mol. The number of amides is 1. The van der Waals surface area contributed by atoms with Gasteiger partial charge in [0.2, 0.25) is 5.89 Å². The van der Waals surface area contributed by atoms with Crippen LogP contribution in [0.1, 0.15) is 60.1 Å². The lowest BCUT2D eigenvalue weighted by molar-refractivity contribution is 0.0686. The molecule has 0 bridgehead atoms. The summed E-state index contributed by atoms with van der Waals surface area (Å²) in [7, 11) is 0. The van der Waals surface area contributed by atoms with Crippen molar-refractivity contribution in [3.8, 4) is 0 Å². The SMILES string of the molecule is O=C(c1ccccc1)N1CCC(CCc2noc(C3CCOCC3)n2)CC1. The smallest absolute Gasteiger partial charge is 0.253 e. The van der Waals surface area contributed by atoms with Crippen LogP contribution in [0.15, 0.2) is 34.9 Å². The van der Waals surface area contributed by atoms with Crippen molar-refractivity contribution in [3.63, 3.8) is 0 Å². The van der Waals surface area contributed by atoms with E-state index < -0.39 is 0 Å². The number of piperidine rings is 1. The first-order valence-corrected chi connectivity index (χ1v) is 10.0. The number of likely N-dealkylation sites (tertiary alicyclic amines) is 1. The van der Waals surface area contributed by atoms with Gasteiger partial charge in [-0.15, -0.1) is 0 Å². The van der Waals surface area contributed by atoms with Gasteiger partial charge in [-0.2, -0.15) is 4.98 Å². The molecule has 0 radical (unpaired) electrons. The molecule has 0 spiro atoms. The third-order valence-electron chi connectivity index (χ3n) is 5.75. The Morgan fingerprint density at radius 1 is 1.07 bits per heavy atom.